The van der Waals surface area contributed by atoms with Crippen LogP contribution in [0.15, 0.2) is 24.3 Å². The predicted octanol–water partition coefficient (Wildman–Crippen LogP) is 3.54. The molecule has 1 rings (SSSR count). The minimum atomic E-state index is 0.232. The molecule has 2 heteroatoms. The fourth-order valence-corrected chi connectivity index (χ4v) is 1.77. The summed E-state index contributed by atoms with van der Waals surface area (Å²) in [5, 5.41) is 0. The first-order valence-corrected chi connectivity index (χ1v) is 6.74. The van der Waals surface area contributed by atoms with Gasteiger partial charge in [-0.3, -0.25) is 0 Å². The number of ether oxygens (including phenoxy) is 1. The van der Waals surface area contributed by atoms with E-state index in [0.717, 1.165) is 31.6 Å². The van der Waals surface area contributed by atoms with Gasteiger partial charge in [0.1, 0.15) is 5.75 Å². The van der Waals surface area contributed by atoms with Gasteiger partial charge in [-0.05, 0) is 30.9 Å². The second-order valence-electron chi connectivity index (χ2n) is 4.54. The van der Waals surface area contributed by atoms with Crippen LogP contribution in [0.2, 0.25) is 0 Å². The van der Waals surface area contributed by atoms with Crippen molar-refractivity contribution in [1.29, 1.82) is 0 Å². The van der Waals surface area contributed by atoms with Crippen LogP contribution in [0, 0.1) is 0 Å². The summed E-state index contributed by atoms with van der Waals surface area (Å²) in [5.74, 6) is 1.01. The van der Waals surface area contributed by atoms with Crippen LogP contribution in [0.3, 0.4) is 0 Å². The van der Waals surface area contributed by atoms with Gasteiger partial charge in [-0.15, -0.1) is 0 Å². The Bertz CT molecular complexity index is 312. The molecule has 1 aromatic carbocycles. The molecule has 0 fully saturated rings. The molecule has 0 aliphatic carbocycles. The third kappa shape index (κ3) is 5.22. The Balaban J connectivity index is 2.51. The molecule has 1 unspecified atom stereocenters. The molecule has 1 atom stereocenters. The van der Waals surface area contributed by atoms with Crippen LogP contribution >= 0.6 is 0 Å². The molecule has 2 nitrogen and oxygen atoms in total. The smallest absolute Gasteiger partial charge is 0.122 e. The van der Waals surface area contributed by atoms with Crippen molar-refractivity contribution in [2.24, 2.45) is 5.73 Å². The van der Waals surface area contributed by atoms with Gasteiger partial charge < -0.3 is 10.5 Å². The highest BCUT2D eigenvalue weighted by Gasteiger charge is 2.06. The summed E-state index contributed by atoms with van der Waals surface area (Å²) in [6.07, 6.45) is 5.50. The van der Waals surface area contributed by atoms with E-state index in [9.17, 15) is 0 Å². The van der Waals surface area contributed by atoms with E-state index in [2.05, 4.69) is 26.0 Å². The lowest BCUT2D eigenvalue weighted by Crippen LogP contribution is -2.21. The second kappa shape index (κ2) is 8.13. The van der Waals surface area contributed by atoms with E-state index in [1.54, 1.807) is 0 Å². The lowest BCUT2D eigenvalue weighted by atomic mass is 10.0. The molecule has 0 aliphatic heterocycles. The summed E-state index contributed by atoms with van der Waals surface area (Å²) in [6, 6.07) is 8.47. The molecule has 0 aliphatic rings. The molecule has 2 N–H and O–H groups in total. The molecular formula is C15H25NO. The van der Waals surface area contributed by atoms with Crippen LogP contribution < -0.4 is 10.5 Å². The van der Waals surface area contributed by atoms with E-state index in [-0.39, 0.29) is 6.04 Å². The van der Waals surface area contributed by atoms with Crippen molar-refractivity contribution in [2.45, 2.75) is 52.0 Å². The average molecular weight is 235 g/mol. The number of rotatable bonds is 8. The molecule has 0 radical (unpaired) electrons. The normalized spacial score (nSPS) is 12.4. The Morgan fingerprint density at radius 2 is 1.94 bits per heavy atom. The van der Waals surface area contributed by atoms with Crippen molar-refractivity contribution in [3.63, 3.8) is 0 Å². The van der Waals surface area contributed by atoms with Crippen molar-refractivity contribution in [3.8, 4) is 5.75 Å². The zero-order valence-electron chi connectivity index (χ0n) is 11.1. The minimum Gasteiger partial charge on any atom is -0.493 e. The van der Waals surface area contributed by atoms with Crippen LogP contribution in [0.1, 0.15) is 45.1 Å². The van der Waals surface area contributed by atoms with Gasteiger partial charge in [0.2, 0.25) is 0 Å². The van der Waals surface area contributed by atoms with E-state index in [1.165, 1.54) is 18.4 Å². The molecule has 0 heterocycles. The third-order valence-corrected chi connectivity index (χ3v) is 2.98. The Labute approximate surface area is 105 Å². The number of nitrogens with two attached hydrogens (primary N) is 1. The number of unbranched alkanes of at least 4 members (excludes halogenated alkanes) is 2. The van der Waals surface area contributed by atoms with E-state index >= 15 is 0 Å². The monoisotopic (exact) mass is 235 g/mol. The standard InChI is InChI=1S/C15H25NO/c1-3-5-8-11-17-15-10-7-6-9-13(15)12-14(16)4-2/h6-7,9-10,14H,3-5,8,11-12,16H2,1-2H3. The molecule has 17 heavy (non-hydrogen) atoms. The van der Waals surface area contributed by atoms with Gasteiger partial charge in [0.25, 0.3) is 0 Å². The summed E-state index contributed by atoms with van der Waals surface area (Å²) < 4.78 is 5.83. The highest BCUT2D eigenvalue weighted by Crippen LogP contribution is 2.20. The van der Waals surface area contributed by atoms with E-state index in [0.29, 0.717) is 0 Å². The van der Waals surface area contributed by atoms with Gasteiger partial charge in [0, 0.05) is 6.04 Å². The SMILES string of the molecule is CCCCCOc1ccccc1CC(N)CC. The molecule has 0 spiro atoms. The lowest BCUT2D eigenvalue weighted by Gasteiger charge is -2.14. The third-order valence-electron chi connectivity index (χ3n) is 2.98. The summed E-state index contributed by atoms with van der Waals surface area (Å²) in [4.78, 5) is 0. The van der Waals surface area contributed by atoms with E-state index in [4.69, 9.17) is 10.5 Å². The second-order valence-corrected chi connectivity index (χ2v) is 4.54. The van der Waals surface area contributed by atoms with Crippen molar-refractivity contribution in [1.82, 2.24) is 0 Å². The maximum atomic E-state index is 5.99. The zero-order chi connectivity index (χ0) is 12.5. The lowest BCUT2D eigenvalue weighted by molar-refractivity contribution is 0.302. The molecule has 96 valence electrons. The maximum Gasteiger partial charge on any atom is 0.122 e. The Hall–Kier alpha value is -1.02. The largest absolute Gasteiger partial charge is 0.493 e. The highest BCUT2D eigenvalue weighted by atomic mass is 16.5. The maximum absolute atomic E-state index is 5.99. The molecule has 0 bridgehead atoms. The summed E-state index contributed by atoms with van der Waals surface area (Å²) in [7, 11) is 0. The number of hydrogen-bond donors (Lipinski definition) is 1. The van der Waals surface area contributed by atoms with Crippen molar-refractivity contribution < 1.29 is 4.74 Å². The number of benzene rings is 1. The van der Waals surface area contributed by atoms with Crippen molar-refractivity contribution in [2.75, 3.05) is 6.61 Å². The summed E-state index contributed by atoms with van der Waals surface area (Å²) in [6.45, 7) is 5.13. The van der Waals surface area contributed by atoms with Crippen LogP contribution in [0.5, 0.6) is 5.75 Å². The zero-order valence-corrected chi connectivity index (χ0v) is 11.1. The van der Waals surface area contributed by atoms with Gasteiger partial charge in [0.15, 0.2) is 0 Å². The van der Waals surface area contributed by atoms with Crippen LogP contribution in [-0.2, 0) is 6.42 Å². The molecule has 0 saturated heterocycles. The first-order valence-electron chi connectivity index (χ1n) is 6.74. The topological polar surface area (TPSA) is 35.2 Å². The Morgan fingerprint density at radius 3 is 2.65 bits per heavy atom. The van der Waals surface area contributed by atoms with E-state index < -0.39 is 0 Å². The minimum absolute atomic E-state index is 0.232. The molecule has 1 aromatic rings. The van der Waals surface area contributed by atoms with Crippen molar-refractivity contribution in [3.05, 3.63) is 29.8 Å². The molecule has 0 aromatic heterocycles. The van der Waals surface area contributed by atoms with Crippen LogP contribution in [-0.4, -0.2) is 12.6 Å². The van der Waals surface area contributed by atoms with Crippen LogP contribution in [0.25, 0.3) is 0 Å². The predicted molar refractivity (Wildman–Crippen MR) is 73.4 cm³/mol. The first-order chi connectivity index (χ1) is 8.27. The fraction of sp³-hybridized carbons (Fsp3) is 0.600. The van der Waals surface area contributed by atoms with Gasteiger partial charge in [-0.2, -0.15) is 0 Å². The number of hydrogen-bond acceptors (Lipinski definition) is 2. The highest BCUT2D eigenvalue weighted by molar-refractivity contribution is 5.33. The van der Waals surface area contributed by atoms with Gasteiger partial charge >= 0.3 is 0 Å². The molecule has 0 saturated carbocycles. The number of para-hydroxylation sites is 1. The van der Waals surface area contributed by atoms with Gasteiger partial charge in [-0.1, -0.05) is 44.9 Å². The molecule has 0 amide bonds. The van der Waals surface area contributed by atoms with Gasteiger partial charge in [0.05, 0.1) is 6.61 Å². The van der Waals surface area contributed by atoms with Crippen molar-refractivity contribution >= 4 is 0 Å². The van der Waals surface area contributed by atoms with Crippen LogP contribution in [0.4, 0.5) is 0 Å². The van der Waals surface area contributed by atoms with E-state index in [1.807, 2.05) is 12.1 Å². The fourth-order valence-electron chi connectivity index (χ4n) is 1.77. The molecular weight excluding hydrogens is 210 g/mol. The Morgan fingerprint density at radius 1 is 1.18 bits per heavy atom. The Kier molecular flexibility index (Phi) is 6.71. The first kappa shape index (κ1) is 14.0. The summed E-state index contributed by atoms with van der Waals surface area (Å²) in [5.41, 5.74) is 7.23. The average Bonchev–Trinajstić information content (AvgIpc) is 2.36. The quantitative estimate of drug-likeness (QED) is 0.699. The van der Waals surface area contributed by atoms with Gasteiger partial charge in [-0.25, -0.2) is 0 Å². The summed E-state index contributed by atoms with van der Waals surface area (Å²) >= 11 is 0.